The minimum absolute atomic E-state index is 0.103. The normalized spacial score (nSPS) is 10.8. The van der Waals surface area contributed by atoms with Gasteiger partial charge in [0.05, 0.1) is 30.4 Å². The van der Waals surface area contributed by atoms with E-state index in [9.17, 15) is 18.8 Å². The fourth-order valence-electron chi connectivity index (χ4n) is 3.97. The molecule has 0 aliphatic rings. The largest absolute Gasteiger partial charge is 0.493 e. The third kappa shape index (κ3) is 5.09. The molecule has 12 heteroatoms. The Bertz CT molecular complexity index is 1870. The van der Waals surface area contributed by atoms with E-state index in [-0.39, 0.29) is 22.0 Å². The molecule has 0 fully saturated rings. The molecule has 10 nitrogen and oxygen atoms in total. The van der Waals surface area contributed by atoms with Gasteiger partial charge in [0.1, 0.15) is 22.9 Å². The van der Waals surface area contributed by atoms with Crippen molar-refractivity contribution in [1.29, 1.82) is 0 Å². The van der Waals surface area contributed by atoms with E-state index in [1.54, 1.807) is 30.5 Å². The number of aromatic nitrogens is 3. The highest BCUT2D eigenvalue weighted by Crippen LogP contribution is 2.38. The maximum absolute atomic E-state index is 13.3. The molecule has 1 amide bonds. The molecule has 2 N–H and O–H groups in total. The number of halogens is 2. The van der Waals surface area contributed by atoms with E-state index in [0.717, 1.165) is 22.9 Å². The zero-order valence-corrected chi connectivity index (χ0v) is 21.8. The van der Waals surface area contributed by atoms with Gasteiger partial charge in [-0.2, -0.15) is 0 Å². The molecule has 2 heterocycles. The lowest BCUT2D eigenvalue weighted by Gasteiger charge is -2.14. The van der Waals surface area contributed by atoms with Gasteiger partial charge in [0.15, 0.2) is 11.5 Å². The highest BCUT2D eigenvalue weighted by atomic mass is 35.5. The number of nitrogens with zero attached hydrogens (tertiary/aromatic N) is 2. The van der Waals surface area contributed by atoms with Crippen LogP contribution in [0, 0.1) is 5.82 Å². The Morgan fingerprint density at radius 2 is 1.68 bits per heavy atom. The second kappa shape index (κ2) is 10.9. The molecule has 3 aromatic carbocycles. The Morgan fingerprint density at radius 3 is 2.38 bits per heavy atom. The summed E-state index contributed by atoms with van der Waals surface area (Å²) in [5.74, 6) is 0.442. The van der Waals surface area contributed by atoms with Gasteiger partial charge in [-0.15, -0.1) is 0 Å². The van der Waals surface area contributed by atoms with E-state index < -0.39 is 23.0 Å². The van der Waals surface area contributed by atoms with Gasteiger partial charge in [-0.25, -0.2) is 13.8 Å². The van der Waals surface area contributed by atoms with E-state index in [1.165, 1.54) is 38.5 Å². The summed E-state index contributed by atoms with van der Waals surface area (Å²) in [6, 6.07) is 14.4. The van der Waals surface area contributed by atoms with E-state index in [1.807, 2.05) is 0 Å². The molecule has 0 unspecified atom stereocenters. The summed E-state index contributed by atoms with van der Waals surface area (Å²) < 4.78 is 30.8. The first-order valence-corrected chi connectivity index (χ1v) is 12.1. The van der Waals surface area contributed by atoms with Crippen LogP contribution < -0.4 is 30.8 Å². The highest BCUT2D eigenvalue weighted by molar-refractivity contribution is 6.32. The maximum Gasteiger partial charge on any atom is 0.333 e. The van der Waals surface area contributed by atoms with Gasteiger partial charge in [-0.3, -0.25) is 14.6 Å². The third-order valence-electron chi connectivity index (χ3n) is 5.92. The van der Waals surface area contributed by atoms with Gasteiger partial charge in [0.25, 0.3) is 11.5 Å². The predicted molar refractivity (Wildman–Crippen MR) is 147 cm³/mol. The molecule has 0 atom stereocenters. The molecule has 0 aliphatic heterocycles. The number of anilines is 1. The van der Waals surface area contributed by atoms with Crippen LogP contribution in [0.3, 0.4) is 0 Å². The van der Waals surface area contributed by atoms with E-state index in [2.05, 4.69) is 15.3 Å². The van der Waals surface area contributed by atoms with Crippen LogP contribution in [0.2, 0.25) is 5.02 Å². The van der Waals surface area contributed by atoms with Crippen molar-refractivity contribution < 1.29 is 23.4 Å². The quantitative estimate of drug-likeness (QED) is 0.288. The first-order chi connectivity index (χ1) is 19.3. The van der Waals surface area contributed by atoms with Crippen LogP contribution in [-0.4, -0.2) is 34.7 Å². The molecule has 0 saturated carbocycles. The van der Waals surface area contributed by atoms with Crippen LogP contribution in [0.1, 0.15) is 10.4 Å². The fourth-order valence-corrected chi connectivity index (χ4v) is 4.19. The Labute approximate surface area is 230 Å². The summed E-state index contributed by atoms with van der Waals surface area (Å²) in [4.78, 5) is 44.8. The number of nitrogens with one attached hydrogen (secondary N) is 2. The van der Waals surface area contributed by atoms with E-state index in [4.69, 9.17) is 25.8 Å². The van der Waals surface area contributed by atoms with Crippen LogP contribution in [0.25, 0.3) is 16.6 Å². The number of pyridine rings is 1. The summed E-state index contributed by atoms with van der Waals surface area (Å²) >= 11 is 6.46. The number of aromatic amines is 1. The monoisotopic (exact) mass is 562 g/mol. The molecule has 202 valence electrons. The number of hydrogen-bond donors (Lipinski definition) is 2. The second-order valence-corrected chi connectivity index (χ2v) is 8.77. The molecule has 2 aromatic heterocycles. The molecular formula is C28H20ClFN4O6. The summed E-state index contributed by atoms with van der Waals surface area (Å²) in [6.07, 6.45) is 2.59. The van der Waals surface area contributed by atoms with Crippen molar-refractivity contribution in [2.24, 2.45) is 0 Å². The molecule has 0 aliphatic carbocycles. The number of fused-ring (bicyclic) bond motifs is 1. The first kappa shape index (κ1) is 26.4. The van der Waals surface area contributed by atoms with Crippen molar-refractivity contribution in [3.05, 3.63) is 110 Å². The van der Waals surface area contributed by atoms with Crippen molar-refractivity contribution in [3.63, 3.8) is 0 Å². The Balaban J connectivity index is 1.40. The van der Waals surface area contributed by atoms with Crippen molar-refractivity contribution in [1.82, 2.24) is 14.5 Å². The zero-order valence-electron chi connectivity index (χ0n) is 21.0. The zero-order chi connectivity index (χ0) is 28.4. The molecule has 0 bridgehead atoms. The van der Waals surface area contributed by atoms with Crippen LogP contribution in [0.15, 0.2) is 82.6 Å². The summed E-state index contributed by atoms with van der Waals surface area (Å²) in [7, 11) is 3.05. The number of carbonyl (C=O) groups excluding carboxylic acids is 1. The molecule has 5 rings (SSSR count). The van der Waals surface area contributed by atoms with Gasteiger partial charge >= 0.3 is 5.69 Å². The van der Waals surface area contributed by atoms with Crippen LogP contribution in [-0.2, 0) is 0 Å². The van der Waals surface area contributed by atoms with Gasteiger partial charge in [-0.1, -0.05) is 11.6 Å². The highest BCUT2D eigenvalue weighted by Gasteiger charge is 2.18. The van der Waals surface area contributed by atoms with Crippen molar-refractivity contribution >= 4 is 34.1 Å². The number of amides is 1. The summed E-state index contributed by atoms with van der Waals surface area (Å²) in [5, 5.41) is 3.41. The summed E-state index contributed by atoms with van der Waals surface area (Å²) in [6.45, 7) is 0. The average molecular weight is 563 g/mol. The van der Waals surface area contributed by atoms with Gasteiger partial charge < -0.3 is 24.5 Å². The van der Waals surface area contributed by atoms with Crippen molar-refractivity contribution in [2.45, 2.75) is 0 Å². The average Bonchev–Trinajstić information content (AvgIpc) is 2.94. The van der Waals surface area contributed by atoms with Crippen molar-refractivity contribution in [2.75, 3.05) is 19.5 Å². The molecule has 40 heavy (non-hydrogen) atoms. The van der Waals surface area contributed by atoms with Gasteiger partial charge in [-0.05, 0) is 54.6 Å². The minimum Gasteiger partial charge on any atom is -0.493 e. The maximum atomic E-state index is 13.3. The van der Waals surface area contributed by atoms with Gasteiger partial charge in [0, 0.05) is 29.5 Å². The molecule has 0 spiro atoms. The van der Waals surface area contributed by atoms with Crippen molar-refractivity contribution in [3.8, 4) is 28.7 Å². The van der Waals surface area contributed by atoms with Crippen LogP contribution >= 0.6 is 11.6 Å². The number of rotatable bonds is 7. The minimum atomic E-state index is -0.879. The first-order valence-electron chi connectivity index (χ1n) is 11.7. The lowest BCUT2D eigenvalue weighted by molar-refractivity contribution is 0.102. The second-order valence-electron chi connectivity index (χ2n) is 8.36. The predicted octanol–water partition coefficient (Wildman–Crippen LogP) is 4.93. The van der Waals surface area contributed by atoms with E-state index in [0.29, 0.717) is 33.9 Å². The number of carbonyl (C=O) groups is 1. The Hall–Kier alpha value is -5.16. The SMILES string of the molecule is COc1cc2nccc(Oc3ccc(NC(=O)c4c[nH]c(=O)n(-c5ccc(F)cc5)c4=O)cc3Cl)c2cc1OC. The Kier molecular flexibility index (Phi) is 7.21. The van der Waals surface area contributed by atoms with Gasteiger partial charge in [0.2, 0.25) is 0 Å². The number of benzene rings is 3. The third-order valence-corrected chi connectivity index (χ3v) is 6.22. The molecule has 0 saturated heterocycles. The smallest absolute Gasteiger partial charge is 0.333 e. The van der Waals surface area contributed by atoms with E-state index >= 15 is 0 Å². The standard InChI is InChI=1S/C28H20ClFN4O6/c1-38-24-12-18-21(13-25(24)39-2)31-10-9-22(18)40-23-8-5-16(11-20(23)29)33-26(35)19-14-32-28(37)34(27(19)36)17-6-3-15(30)4-7-17/h3-14H,1-2H3,(H,32,37)(H,33,35). The molecular weight excluding hydrogens is 543 g/mol. The number of H-pyrrole nitrogens is 1. The number of hydrogen-bond acceptors (Lipinski definition) is 7. The molecule has 5 aromatic rings. The number of ether oxygens (including phenoxy) is 3. The van der Waals surface area contributed by atoms with Crippen LogP contribution in [0.5, 0.6) is 23.0 Å². The topological polar surface area (TPSA) is 125 Å². The summed E-state index contributed by atoms with van der Waals surface area (Å²) in [5.41, 5.74) is -1.01. The lowest BCUT2D eigenvalue weighted by atomic mass is 10.2. The molecule has 0 radical (unpaired) electrons. The number of methoxy groups -OCH3 is 2. The lowest BCUT2D eigenvalue weighted by Crippen LogP contribution is -2.38. The fraction of sp³-hybridized carbons (Fsp3) is 0.0714. The van der Waals surface area contributed by atoms with Crippen LogP contribution in [0.4, 0.5) is 10.1 Å². The Morgan fingerprint density at radius 1 is 0.950 bits per heavy atom.